The van der Waals surface area contributed by atoms with Gasteiger partial charge in [-0.05, 0) is 57.7 Å². The standard InChI is InChI=1S/C12H15Br2NO2S/c1-2-15(7-8-4-3-5-17-8)12(16)9-6-10(13)18-11(9)14/h6,8H,2-5,7H2,1H3. The first kappa shape index (κ1) is 14.5. The first-order chi connectivity index (χ1) is 8.61. The van der Waals surface area contributed by atoms with Gasteiger partial charge in [0, 0.05) is 19.7 Å². The Hall–Kier alpha value is 0.0900. The topological polar surface area (TPSA) is 29.5 Å². The molecule has 0 N–H and O–H groups in total. The molecule has 1 aromatic heterocycles. The summed E-state index contributed by atoms with van der Waals surface area (Å²) in [5.74, 6) is 0.0711. The van der Waals surface area contributed by atoms with Crippen LogP contribution in [0, 0.1) is 0 Å². The molecule has 1 aromatic rings. The van der Waals surface area contributed by atoms with E-state index in [1.807, 2.05) is 17.9 Å². The molecule has 0 spiro atoms. The fraction of sp³-hybridized carbons (Fsp3) is 0.583. The minimum atomic E-state index is 0.0711. The van der Waals surface area contributed by atoms with Crippen LogP contribution in [0.15, 0.2) is 13.6 Å². The number of ether oxygens (including phenoxy) is 1. The highest BCUT2D eigenvalue weighted by atomic mass is 79.9. The number of hydrogen-bond acceptors (Lipinski definition) is 3. The van der Waals surface area contributed by atoms with E-state index in [2.05, 4.69) is 31.9 Å². The molecule has 1 atom stereocenters. The molecule has 0 saturated carbocycles. The number of thiophene rings is 1. The van der Waals surface area contributed by atoms with Crippen LogP contribution in [0.25, 0.3) is 0 Å². The lowest BCUT2D eigenvalue weighted by molar-refractivity contribution is 0.0539. The third kappa shape index (κ3) is 3.35. The number of hydrogen-bond donors (Lipinski definition) is 0. The summed E-state index contributed by atoms with van der Waals surface area (Å²) in [6.07, 6.45) is 2.36. The van der Waals surface area contributed by atoms with Gasteiger partial charge in [0.2, 0.25) is 0 Å². The Morgan fingerprint density at radius 2 is 2.39 bits per heavy atom. The van der Waals surface area contributed by atoms with Crippen LogP contribution in [0.5, 0.6) is 0 Å². The summed E-state index contributed by atoms with van der Waals surface area (Å²) in [6, 6.07) is 1.87. The molecule has 2 heterocycles. The molecule has 6 heteroatoms. The molecule has 1 aliphatic heterocycles. The Morgan fingerprint density at radius 1 is 1.61 bits per heavy atom. The summed E-state index contributed by atoms with van der Waals surface area (Å²) in [5, 5.41) is 0. The Morgan fingerprint density at radius 3 is 2.89 bits per heavy atom. The van der Waals surface area contributed by atoms with Gasteiger partial charge in [0.15, 0.2) is 0 Å². The lowest BCUT2D eigenvalue weighted by Crippen LogP contribution is -2.37. The van der Waals surface area contributed by atoms with Crippen molar-refractivity contribution in [2.75, 3.05) is 19.7 Å². The Balaban J connectivity index is 2.07. The second-order valence-electron chi connectivity index (χ2n) is 4.22. The van der Waals surface area contributed by atoms with Gasteiger partial charge in [-0.25, -0.2) is 0 Å². The van der Waals surface area contributed by atoms with Crippen molar-refractivity contribution >= 4 is 49.1 Å². The summed E-state index contributed by atoms with van der Waals surface area (Å²) in [6.45, 7) is 4.22. The van der Waals surface area contributed by atoms with Crippen LogP contribution in [-0.2, 0) is 4.74 Å². The predicted octanol–water partition coefficient (Wildman–Crippen LogP) is 3.91. The molecule has 1 saturated heterocycles. The summed E-state index contributed by atoms with van der Waals surface area (Å²) >= 11 is 8.36. The van der Waals surface area contributed by atoms with Crippen molar-refractivity contribution in [2.24, 2.45) is 0 Å². The van der Waals surface area contributed by atoms with Gasteiger partial charge < -0.3 is 9.64 Å². The van der Waals surface area contributed by atoms with Gasteiger partial charge in [0.1, 0.15) is 0 Å². The van der Waals surface area contributed by atoms with Crippen LogP contribution in [0.1, 0.15) is 30.1 Å². The normalized spacial score (nSPS) is 19.2. The monoisotopic (exact) mass is 395 g/mol. The lowest BCUT2D eigenvalue weighted by Gasteiger charge is -2.23. The number of carbonyl (C=O) groups excluding carboxylic acids is 1. The fourth-order valence-corrected chi connectivity index (χ4v) is 4.82. The molecule has 1 fully saturated rings. The number of nitrogens with zero attached hydrogens (tertiary/aromatic N) is 1. The van der Waals surface area contributed by atoms with Crippen molar-refractivity contribution in [3.63, 3.8) is 0 Å². The molecule has 0 radical (unpaired) electrons. The van der Waals surface area contributed by atoms with Gasteiger partial charge in [-0.15, -0.1) is 11.3 Å². The van der Waals surface area contributed by atoms with E-state index in [-0.39, 0.29) is 12.0 Å². The average Bonchev–Trinajstić information content (AvgIpc) is 2.95. The first-order valence-corrected chi connectivity index (χ1v) is 8.37. The third-order valence-electron chi connectivity index (χ3n) is 3.00. The van der Waals surface area contributed by atoms with Gasteiger partial charge in [-0.1, -0.05) is 0 Å². The molecule has 1 unspecified atom stereocenters. The average molecular weight is 397 g/mol. The molecule has 1 amide bonds. The van der Waals surface area contributed by atoms with E-state index in [4.69, 9.17) is 4.74 Å². The summed E-state index contributed by atoms with van der Waals surface area (Å²) < 4.78 is 7.44. The van der Waals surface area contributed by atoms with Gasteiger partial charge in [0.05, 0.1) is 19.2 Å². The van der Waals surface area contributed by atoms with Crippen LogP contribution in [0.4, 0.5) is 0 Å². The van der Waals surface area contributed by atoms with Crippen molar-refractivity contribution in [3.05, 3.63) is 19.2 Å². The van der Waals surface area contributed by atoms with Crippen molar-refractivity contribution in [1.29, 1.82) is 0 Å². The van der Waals surface area contributed by atoms with Crippen LogP contribution in [0.2, 0.25) is 0 Å². The maximum absolute atomic E-state index is 12.4. The first-order valence-electron chi connectivity index (χ1n) is 5.97. The SMILES string of the molecule is CCN(CC1CCCO1)C(=O)c1cc(Br)sc1Br. The molecule has 100 valence electrons. The largest absolute Gasteiger partial charge is 0.376 e. The molecule has 2 rings (SSSR count). The number of rotatable bonds is 4. The van der Waals surface area contributed by atoms with Crippen LogP contribution in [-0.4, -0.2) is 36.6 Å². The van der Waals surface area contributed by atoms with Crippen molar-refractivity contribution < 1.29 is 9.53 Å². The predicted molar refractivity (Wildman–Crippen MR) is 80.3 cm³/mol. The number of likely N-dealkylation sites (N-methyl/N-ethyl adjacent to an activating group) is 1. The summed E-state index contributed by atoms with van der Waals surface area (Å²) in [5.41, 5.74) is 0.728. The number of carbonyl (C=O) groups is 1. The van der Waals surface area contributed by atoms with Gasteiger partial charge in [-0.2, -0.15) is 0 Å². The molecule has 1 aliphatic rings. The maximum Gasteiger partial charge on any atom is 0.255 e. The second kappa shape index (κ2) is 6.50. The van der Waals surface area contributed by atoms with Gasteiger partial charge in [-0.3, -0.25) is 4.79 Å². The molecule has 0 bridgehead atoms. The summed E-state index contributed by atoms with van der Waals surface area (Å²) in [4.78, 5) is 14.3. The quantitative estimate of drug-likeness (QED) is 0.771. The van der Waals surface area contributed by atoms with E-state index in [1.165, 1.54) is 11.3 Å². The smallest absolute Gasteiger partial charge is 0.255 e. The van der Waals surface area contributed by atoms with Crippen LogP contribution >= 0.6 is 43.2 Å². The Bertz CT molecular complexity index is 430. The van der Waals surface area contributed by atoms with Crippen molar-refractivity contribution in [2.45, 2.75) is 25.9 Å². The molecule has 0 aliphatic carbocycles. The van der Waals surface area contributed by atoms with Crippen molar-refractivity contribution in [1.82, 2.24) is 4.90 Å². The Kier molecular flexibility index (Phi) is 5.24. The van der Waals surface area contributed by atoms with Crippen molar-refractivity contribution in [3.8, 4) is 0 Å². The number of amides is 1. The maximum atomic E-state index is 12.4. The van der Waals surface area contributed by atoms with Gasteiger partial charge >= 0.3 is 0 Å². The Labute approximate surface area is 128 Å². The second-order valence-corrected chi connectivity index (χ2v) is 7.97. The number of halogens is 2. The highest BCUT2D eigenvalue weighted by molar-refractivity contribution is 9.12. The third-order valence-corrected chi connectivity index (χ3v) is 5.34. The summed E-state index contributed by atoms with van der Waals surface area (Å²) in [7, 11) is 0. The zero-order valence-electron chi connectivity index (χ0n) is 10.1. The zero-order chi connectivity index (χ0) is 13.1. The molecular formula is C12H15Br2NO2S. The highest BCUT2D eigenvalue weighted by Gasteiger charge is 2.24. The molecular weight excluding hydrogens is 382 g/mol. The van der Waals surface area contributed by atoms with E-state index in [0.29, 0.717) is 13.1 Å². The van der Waals surface area contributed by atoms with E-state index in [0.717, 1.165) is 32.6 Å². The molecule has 3 nitrogen and oxygen atoms in total. The lowest BCUT2D eigenvalue weighted by atomic mass is 10.2. The van der Waals surface area contributed by atoms with E-state index in [1.54, 1.807) is 0 Å². The minimum Gasteiger partial charge on any atom is -0.376 e. The van der Waals surface area contributed by atoms with Crippen LogP contribution < -0.4 is 0 Å². The molecule has 18 heavy (non-hydrogen) atoms. The minimum absolute atomic E-state index is 0.0711. The fourth-order valence-electron chi connectivity index (χ4n) is 2.05. The van der Waals surface area contributed by atoms with E-state index < -0.39 is 0 Å². The van der Waals surface area contributed by atoms with Gasteiger partial charge in [0.25, 0.3) is 5.91 Å². The zero-order valence-corrected chi connectivity index (χ0v) is 14.1. The van der Waals surface area contributed by atoms with E-state index >= 15 is 0 Å². The highest BCUT2D eigenvalue weighted by Crippen LogP contribution is 2.32. The molecule has 0 aromatic carbocycles. The van der Waals surface area contributed by atoms with Crippen LogP contribution in [0.3, 0.4) is 0 Å². The van der Waals surface area contributed by atoms with E-state index in [9.17, 15) is 4.79 Å².